The van der Waals surface area contributed by atoms with E-state index in [0.29, 0.717) is 11.1 Å². The fourth-order valence-corrected chi connectivity index (χ4v) is 3.16. The van der Waals surface area contributed by atoms with Gasteiger partial charge in [0.15, 0.2) is 0 Å². The number of nitrogens with two attached hydrogens (primary N) is 1. The predicted molar refractivity (Wildman–Crippen MR) is 79.3 cm³/mol. The Morgan fingerprint density at radius 1 is 1.40 bits per heavy atom. The lowest BCUT2D eigenvalue weighted by Crippen LogP contribution is -2.36. The summed E-state index contributed by atoms with van der Waals surface area (Å²) in [6.45, 7) is 1.80. The lowest BCUT2D eigenvalue weighted by molar-refractivity contribution is -0.116. The molecule has 1 unspecified atom stereocenters. The minimum absolute atomic E-state index is 0.175. The molecule has 1 atom stereocenters. The highest BCUT2D eigenvalue weighted by atomic mass is 35.5. The van der Waals surface area contributed by atoms with Crippen molar-refractivity contribution in [3.8, 4) is 0 Å². The molecule has 1 aromatic carbocycles. The van der Waals surface area contributed by atoms with Crippen molar-refractivity contribution in [3.05, 3.63) is 22.7 Å². The number of amides is 1. The average molecular weight is 296 g/mol. The van der Waals surface area contributed by atoms with Gasteiger partial charge in [0.05, 0.1) is 16.8 Å². The summed E-state index contributed by atoms with van der Waals surface area (Å²) in [6, 6.07) is 3.11. The lowest BCUT2D eigenvalue weighted by Gasteiger charge is -2.33. The van der Waals surface area contributed by atoms with Crippen LogP contribution in [0.15, 0.2) is 12.1 Å². The number of methoxy groups -OCH3 is 1. The van der Waals surface area contributed by atoms with Crippen molar-refractivity contribution < 1.29 is 9.53 Å². The van der Waals surface area contributed by atoms with Crippen molar-refractivity contribution in [2.24, 2.45) is 5.73 Å². The van der Waals surface area contributed by atoms with Gasteiger partial charge in [-0.15, -0.1) is 0 Å². The highest BCUT2D eigenvalue weighted by Crippen LogP contribution is 2.38. The molecule has 0 bridgehead atoms. The molecule has 0 saturated carbocycles. The van der Waals surface area contributed by atoms with E-state index in [9.17, 15) is 4.79 Å². The molecule has 2 heterocycles. The van der Waals surface area contributed by atoms with E-state index >= 15 is 0 Å². The zero-order chi connectivity index (χ0) is 14.3. The maximum Gasteiger partial charge on any atom is 0.245 e. The monoisotopic (exact) mass is 295 g/mol. The Kier molecular flexibility index (Phi) is 3.58. The third-order valence-electron chi connectivity index (χ3n) is 4.11. The lowest BCUT2D eigenvalue weighted by atomic mass is 10.0. The van der Waals surface area contributed by atoms with Gasteiger partial charge in [-0.3, -0.25) is 4.79 Å². The zero-order valence-corrected chi connectivity index (χ0v) is 12.1. The zero-order valence-electron chi connectivity index (χ0n) is 11.4. The number of rotatable bonds is 2. The van der Waals surface area contributed by atoms with Gasteiger partial charge in [0.25, 0.3) is 0 Å². The number of carbonyl (C=O) groups is 1. The number of ether oxygens (including phenoxy) is 1. The van der Waals surface area contributed by atoms with Gasteiger partial charge in [-0.2, -0.15) is 0 Å². The summed E-state index contributed by atoms with van der Waals surface area (Å²) in [5.74, 6) is -0.175. The van der Waals surface area contributed by atoms with Crippen LogP contribution in [0.25, 0.3) is 0 Å². The molecule has 0 spiro atoms. The van der Waals surface area contributed by atoms with Crippen molar-refractivity contribution in [1.29, 1.82) is 0 Å². The van der Waals surface area contributed by atoms with Crippen LogP contribution in [0.4, 0.5) is 11.4 Å². The van der Waals surface area contributed by atoms with Gasteiger partial charge in [-0.1, -0.05) is 11.6 Å². The Morgan fingerprint density at radius 2 is 2.10 bits per heavy atom. The summed E-state index contributed by atoms with van der Waals surface area (Å²) in [6.07, 6.45) is 2.29. The molecule has 6 heteroatoms. The first-order valence-corrected chi connectivity index (χ1v) is 7.15. The second kappa shape index (κ2) is 5.24. The van der Waals surface area contributed by atoms with Gasteiger partial charge in [0.2, 0.25) is 5.91 Å². The molecular formula is C14H18ClN3O2. The van der Waals surface area contributed by atoms with Crippen LogP contribution < -0.4 is 16.0 Å². The normalized spacial score (nSPS) is 22.9. The molecule has 2 aliphatic rings. The molecular weight excluding hydrogens is 278 g/mol. The van der Waals surface area contributed by atoms with E-state index in [0.717, 1.165) is 42.9 Å². The molecule has 3 rings (SSSR count). The maximum atomic E-state index is 11.6. The molecule has 1 amide bonds. The van der Waals surface area contributed by atoms with E-state index in [1.807, 2.05) is 6.07 Å². The first kappa shape index (κ1) is 13.7. The molecule has 2 aliphatic heterocycles. The van der Waals surface area contributed by atoms with Crippen LogP contribution in [0.3, 0.4) is 0 Å². The van der Waals surface area contributed by atoms with E-state index in [1.54, 1.807) is 13.2 Å². The fourth-order valence-electron chi connectivity index (χ4n) is 2.87. The van der Waals surface area contributed by atoms with Crippen LogP contribution in [-0.4, -0.2) is 32.2 Å². The molecule has 5 nitrogen and oxygen atoms in total. The molecule has 1 aromatic rings. The average Bonchev–Trinajstić information content (AvgIpc) is 2.74. The number of fused-ring (bicyclic) bond motifs is 1. The van der Waals surface area contributed by atoms with Crippen LogP contribution in [0.1, 0.15) is 24.4 Å². The number of nitrogens with zero attached hydrogens (tertiary/aromatic N) is 1. The summed E-state index contributed by atoms with van der Waals surface area (Å²) >= 11 is 6.36. The largest absolute Gasteiger partial charge is 0.381 e. The minimum Gasteiger partial charge on any atom is -0.381 e. The van der Waals surface area contributed by atoms with Crippen molar-refractivity contribution in [2.75, 3.05) is 30.4 Å². The van der Waals surface area contributed by atoms with E-state index in [2.05, 4.69) is 10.2 Å². The number of hydrogen-bond acceptors (Lipinski definition) is 4. The predicted octanol–water partition coefficient (Wildman–Crippen LogP) is 1.91. The number of hydrogen-bond donors (Lipinski definition) is 2. The molecule has 1 fully saturated rings. The van der Waals surface area contributed by atoms with Gasteiger partial charge in [-0.25, -0.2) is 0 Å². The van der Waals surface area contributed by atoms with Crippen LogP contribution in [0.2, 0.25) is 5.02 Å². The molecule has 3 N–H and O–H groups in total. The van der Waals surface area contributed by atoms with Crippen molar-refractivity contribution in [1.82, 2.24) is 0 Å². The third kappa shape index (κ3) is 2.26. The maximum absolute atomic E-state index is 11.6. The Morgan fingerprint density at radius 3 is 2.75 bits per heavy atom. The van der Waals surface area contributed by atoms with Crippen LogP contribution >= 0.6 is 11.6 Å². The first-order valence-electron chi connectivity index (χ1n) is 6.77. The van der Waals surface area contributed by atoms with Gasteiger partial charge < -0.3 is 20.7 Å². The van der Waals surface area contributed by atoms with Gasteiger partial charge >= 0.3 is 0 Å². The summed E-state index contributed by atoms with van der Waals surface area (Å²) in [5.41, 5.74) is 8.32. The molecule has 108 valence electrons. The second-order valence-corrected chi connectivity index (χ2v) is 5.69. The summed E-state index contributed by atoms with van der Waals surface area (Å²) in [7, 11) is 1.75. The van der Waals surface area contributed by atoms with Crippen molar-refractivity contribution in [3.63, 3.8) is 0 Å². The van der Waals surface area contributed by atoms with Crippen LogP contribution in [0, 0.1) is 0 Å². The number of halogens is 1. The van der Waals surface area contributed by atoms with Gasteiger partial charge in [0, 0.05) is 31.5 Å². The van der Waals surface area contributed by atoms with Crippen LogP contribution in [0.5, 0.6) is 0 Å². The standard InChI is InChI=1S/C14H18ClN3O2/c1-20-8-2-4-18(5-3-8)12-7-11-9(6-10(12)15)13(16)14(19)17-11/h6-8,13H,2-5,16H2,1H3,(H,17,19). The number of nitrogens with one attached hydrogen (secondary N) is 1. The highest BCUT2D eigenvalue weighted by molar-refractivity contribution is 6.33. The summed E-state index contributed by atoms with van der Waals surface area (Å²) in [4.78, 5) is 13.8. The molecule has 1 saturated heterocycles. The molecule has 0 aromatic heterocycles. The number of anilines is 2. The van der Waals surface area contributed by atoms with Gasteiger partial charge in [0.1, 0.15) is 6.04 Å². The third-order valence-corrected chi connectivity index (χ3v) is 4.41. The Hall–Kier alpha value is -1.30. The molecule has 0 aliphatic carbocycles. The Labute approximate surface area is 123 Å². The van der Waals surface area contributed by atoms with E-state index in [4.69, 9.17) is 22.1 Å². The Balaban J connectivity index is 1.85. The Bertz CT molecular complexity index is 541. The van der Waals surface area contributed by atoms with Crippen molar-refractivity contribution >= 4 is 28.9 Å². The second-order valence-electron chi connectivity index (χ2n) is 5.28. The van der Waals surface area contributed by atoms with Crippen LogP contribution in [-0.2, 0) is 9.53 Å². The SMILES string of the molecule is COC1CCN(c2cc3c(cc2Cl)C(N)C(=O)N3)CC1. The van der Waals surface area contributed by atoms with Gasteiger partial charge in [-0.05, 0) is 25.0 Å². The summed E-state index contributed by atoms with van der Waals surface area (Å²) < 4.78 is 5.37. The topological polar surface area (TPSA) is 67.6 Å². The molecule has 20 heavy (non-hydrogen) atoms. The van der Waals surface area contributed by atoms with E-state index in [1.165, 1.54) is 0 Å². The fraction of sp³-hybridized carbons (Fsp3) is 0.500. The quantitative estimate of drug-likeness (QED) is 0.874. The number of piperidine rings is 1. The number of carbonyl (C=O) groups excluding carboxylic acids is 1. The summed E-state index contributed by atoms with van der Waals surface area (Å²) in [5, 5.41) is 3.44. The van der Waals surface area contributed by atoms with E-state index < -0.39 is 6.04 Å². The minimum atomic E-state index is -0.615. The van der Waals surface area contributed by atoms with Crippen molar-refractivity contribution in [2.45, 2.75) is 25.0 Å². The molecule has 0 radical (unpaired) electrons. The number of benzene rings is 1. The highest BCUT2D eigenvalue weighted by Gasteiger charge is 2.29. The van der Waals surface area contributed by atoms with E-state index in [-0.39, 0.29) is 5.91 Å². The smallest absolute Gasteiger partial charge is 0.245 e. The first-order chi connectivity index (χ1) is 9.60.